The highest BCUT2D eigenvalue weighted by Crippen LogP contribution is 2.37. The number of imidazole rings is 1. The van der Waals surface area contributed by atoms with Crippen molar-refractivity contribution < 1.29 is 9.34 Å². The van der Waals surface area contributed by atoms with Crippen LogP contribution in [0.15, 0.2) is 50.5 Å². The van der Waals surface area contributed by atoms with Gasteiger partial charge in [0.15, 0.2) is 0 Å². The molecule has 3 aromatic heterocycles. The molecule has 0 spiro atoms. The zero-order chi connectivity index (χ0) is 16.7. The van der Waals surface area contributed by atoms with Crippen molar-refractivity contribution in [1.29, 1.82) is 0 Å². The number of rotatable bonds is 4. The van der Waals surface area contributed by atoms with Crippen molar-refractivity contribution in [2.45, 2.75) is 10.2 Å². The van der Waals surface area contributed by atoms with Gasteiger partial charge in [-0.1, -0.05) is 35.1 Å². The minimum absolute atomic E-state index is 0.131. The van der Waals surface area contributed by atoms with E-state index in [9.17, 15) is 10.1 Å². The maximum atomic E-state index is 11.3. The van der Waals surface area contributed by atoms with Crippen molar-refractivity contribution in [2.75, 3.05) is 0 Å². The monoisotopic (exact) mass is 379 g/mol. The summed E-state index contributed by atoms with van der Waals surface area (Å²) in [5, 5.41) is 21.7. The fourth-order valence-electron chi connectivity index (χ4n) is 2.07. The first-order chi connectivity index (χ1) is 11.6. The minimum Gasteiger partial charge on any atom is -0.411 e. The van der Waals surface area contributed by atoms with Gasteiger partial charge in [0.05, 0.1) is 10.6 Å². The number of hydrogen-bond donors (Lipinski definition) is 0. The molecule has 0 aliphatic heterocycles. The number of benzene rings is 1. The average molecular weight is 380 g/mol. The maximum Gasteiger partial charge on any atom is 0.363 e. The van der Waals surface area contributed by atoms with Gasteiger partial charge in [-0.25, -0.2) is 0 Å². The molecule has 4 rings (SSSR count). The second kappa shape index (κ2) is 5.89. The molecule has 1 aromatic carbocycles. The summed E-state index contributed by atoms with van der Waals surface area (Å²) >= 11 is 8.34. The van der Waals surface area contributed by atoms with Gasteiger partial charge in [-0.15, -0.1) is 10.2 Å². The number of hydrogen-bond acceptors (Lipinski definition) is 8. The Morgan fingerprint density at radius 2 is 2.17 bits per heavy atom. The molecule has 11 heteroatoms. The molecule has 0 amide bonds. The first-order valence-electron chi connectivity index (χ1n) is 6.49. The number of halogens is 1. The van der Waals surface area contributed by atoms with E-state index in [1.165, 1.54) is 15.7 Å². The Morgan fingerprint density at radius 3 is 2.96 bits per heavy atom. The molecule has 24 heavy (non-hydrogen) atoms. The molecule has 0 saturated carbocycles. The van der Waals surface area contributed by atoms with Gasteiger partial charge in [0.1, 0.15) is 6.20 Å². The lowest BCUT2D eigenvalue weighted by Gasteiger charge is -1.97. The smallest absolute Gasteiger partial charge is 0.363 e. The lowest BCUT2D eigenvalue weighted by atomic mass is 10.2. The minimum atomic E-state index is -0.486. The van der Waals surface area contributed by atoms with Gasteiger partial charge in [0, 0.05) is 17.1 Å². The van der Waals surface area contributed by atoms with E-state index in [4.69, 9.17) is 16.0 Å². The molecule has 4 aromatic rings. The van der Waals surface area contributed by atoms with Crippen LogP contribution < -0.4 is 0 Å². The Labute approximate surface area is 147 Å². The number of nitrogens with zero attached hydrogens (tertiary/aromatic N) is 5. The van der Waals surface area contributed by atoms with Gasteiger partial charge in [0.2, 0.25) is 10.9 Å². The molecule has 0 aliphatic carbocycles. The molecule has 0 atom stereocenters. The Bertz CT molecular complexity index is 1060. The SMILES string of the molecule is O=[N+]([O-])c1c(Sc2nnc(-c3ccccc3Cl)o2)nc2sccn12. The van der Waals surface area contributed by atoms with Crippen molar-refractivity contribution in [3.05, 3.63) is 51.0 Å². The van der Waals surface area contributed by atoms with Gasteiger partial charge in [-0.3, -0.25) is 0 Å². The van der Waals surface area contributed by atoms with Crippen LogP contribution in [0.25, 0.3) is 16.4 Å². The molecule has 120 valence electrons. The second-order valence-corrected chi connectivity index (χ2v) is 6.73. The Kier molecular flexibility index (Phi) is 3.71. The summed E-state index contributed by atoms with van der Waals surface area (Å²) in [6.45, 7) is 0. The van der Waals surface area contributed by atoms with Crippen LogP contribution in [0.2, 0.25) is 5.02 Å². The van der Waals surface area contributed by atoms with Gasteiger partial charge >= 0.3 is 5.82 Å². The summed E-state index contributed by atoms with van der Waals surface area (Å²) < 4.78 is 6.96. The summed E-state index contributed by atoms with van der Waals surface area (Å²) in [6, 6.07) is 7.05. The van der Waals surface area contributed by atoms with E-state index >= 15 is 0 Å². The molecular weight excluding hydrogens is 374 g/mol. The summed E-state index contributed by atoms with van der Waals surface area (Å²) in [5.74, 6) is 0.112. The highest BCUT2D eigenvalue weighted by Gasteiger charge is 2.26. The highest BCUT2D eigenvalue weighted by atomic mass is 35.5. The Morgan fingerprint density at radius 1 is 1.33 bits per heavy atom. The molecule has 0 bridgehead atoms. The normalized spacial score (nSPS) is 11.2. The first-order valence-corrected chi connectivity index (χ1v) is 8.57. The third-order valence-electron chi connectivity index (χ3n) is 3.07. The molecule has 8 nitrogen and oxygen atoms in total. The van der Waals surface area contributed by atoms with Crippen molar-refractivity contribution in [2.24, 2.45) is 0 Å². The quantitative estimate of drug-likeness (QED) is 0.387. The van der Waals surface area contributed by atoms with E-state index in [0.717, 1.165) is 11.8 Å². The topological polar surface area (TPSA) is 99.4 Å². The number of fused-ring (bicyclic) bond motifs is 1. The Hall–Kier alpha value is -2.43. The van der Waals surface area contributed by atoms with Crippen molar-refractivity contribution in [3.63, 3.8) is 0 Å². The molecule has 0 N–H and O–H groups in total. The molecule has 3 heterocycles. The number of nitro groups is 1. The van der Waals surface area contributed by atoms with Crippen LogP contribution in [-0.4, -0.2) is 24.5 Å². The number of thiazole rings is 1. The zero-order valence-electron chi connectivity index (χ0n) is 11.6. The second-order valence-electron chi connectivity index (χ2n) is 4.51. The van der Waals surface area contributed by atoms with Crippen LogP contribution in [0.3, 0.4) is 0 Å². The summed E-state index contributed by atoms with van der Waals surface area (Å²) in [6.07, 6.45) is 1.60. The van der Waals surface area contributed by atoms with E-state index in [-0.39, 0.29) is 22.0 Å². The van der Waals surface area contributed by atoms with Crippen molar-refractivity contribution in [3.8, 4) is 11.5 Å². The number of aromatic nitrogens is 4. The third kappa shape index (κ3) is 2.54. The van der Waals surface area contributed by atoms with Gasteiger partial charge in [-0.05, 0) is 17.1 Å². The average Bonchev–Trinajstić information content (AvgIpc) is 3.23. The van der Waals surface area contributed by atoms with Gasteiger partial charge in [0.25, 0.3) is 10.2 Å². The summed E-state index contributed by atoms with van der Waals surface area (Å²) in [4.78, 5) is 15.6. The van der Waals surface area contributed by atoms with E-state index < -0.39 is 4.92 Å². The summed E-state index contributed by atoms with van der Waals surface area (Å²) in [5.41, 5.74) is 0.596. The standard InChI is InChI=1S/C13H6ClN5O3S2/c14-8-4-2-1-3-7(8)9-16-17-13(22-9)24-10-11(19(20)21)18-5-6-23-12(18)15-10/h1-6H. The maximum absolute atomic E-state index is 11.3. The molecule has 0 saturated heterocycles. The van der Waals surface area contributed by atoms with Crippen molar-refractivity contribution in [1.82, 2.24) is 19.6 Å². The molecule has 0 aliphatic rings. The predicted octanol–water partition coefficient (Wildman–Crippen LogP) is 4.16. The van der Waals surface area contributed by atoms with Crippen LogP contribution in [0, 0.1) is 10.1 Å². The zero-order valence-corrected chi connectivity index (χ0v) is 14.0. The molecular formula is C13H6ClN5O3S2. The molecule has 0 radical (unpaired) electrons. The fraction of sp³-hybridized carbons (Fsp3) is 0. The summed E-state index contributed by atoms with van der Waals surface area (Å²) in [7, 11) is 0. The largest absolute Gasteiger partial charge is 0.411 e. The Balaban J connectivity index is 1.70. The molecule has 0 fully saturated rings. The van der Waals surface area contributed by atoms with Gasteiger partial charge < -0.3 is 14.5 Å². The first kappa shape index (κ1) is 15.1. The highest BCUT2D eigenvalue weighted by molar-refractivity contribution is 7.99. The lowest BCUT2D eigenvalue weighted by Crippen LogP contribution is -1.93. The third-order valence-corrected chi connectivity index (χ3v) is 4.97. The van der Waals surface area contributed by atoms with Crippen LogP contribution in [0.5, 0.6) is 0 Å². The van der Waals surface area contributed by atoms with Crippen LogP contribution in [0.1, 0.15) is 0 Å². The van der Waals surface area contributed by atoms with E-state index in [1.54, 1.807) is 35.8 Å². The van der Waals surface area contributed by atoms with Gasteiger partial charge in [-0.2, -0.15) is 9.38 Å². The predicted molar refractivity (Wildman–Crippen MR) is 88.6 cm³/mol. The van der Waals surface area contributed by atoms with Crippen molar-refractivity contribution >= 4 is 45.5 Å². The van der Waals surface area contributed by atoms with E-state index in [0.29, 0.717) is 15.5 Å². The van der Waals surface area contributed by atoms with Crippen LogP contribution in [-0.2, 0) is 0 Å². The van der Waals surface area contributed by atoms with Crippen LogP contribution in [0.4, 0.5) is 5.82 Å². The fourth-order valence-corrected chi connectivity index (χ4v) is 3.81. The van der Waals surface area contributed by atoms with Crippen LogP contribution >= 0.6 is 34.7 Å². The molecule has 0 unspecified atom stereocenters. The van der Waals surface area contributed by atoms with E-state index in [2.05, 4.69) is 15.2 Å². The van der Waals surface area contributed by atoms with E-state index in [1.807, 2.05) is 0 Å². The lowest BCUT2D eigenvalue weighted by molar-refractivity contribution is -0.393.